The molecule has 1 N–H and O–H groups in total. The van der Waals surface area contributed by atoms with Crippen LogP contribution in [0.3, 0.4) is 0 Å². The highest BCUT2D eigenvalue weighted by molar-refractivity contribution is 6.30. The van der Waals surface area contributed by atoms with Gasteiger partial charge < -0.3 is 9.88 Å². The Morgan fingerprint density at radius 2 is 2.04 bits per heavy atom. The summed E-state index contributed by atoms with van der Waals surface area (Å²) in [6.07, 6.45) is 3.49. The zero-order valence-electron chi connectivity index (χ0n) is 12.7. The molecule has 23 heavy (non-hydrogen) atoms. The molecule has 0 aliphatic rings. The third-order valence-electron chi connectivity index (χ3n) is 3.41. The van der Waals surface area contributed by atoms with Crippen molar-refractivity contribution >= 4 is 23.3 Å². The summed E-state index contributed by atoms with van der Waals surface area (Å²) in [5.41, 5.74) is 2.74. The highest BCUT2D eigenvalue weighted by Crippen LogP contribution is 2.13. The molecular formula is C18H16ClN3O. The van der Waals surface area contributed by atoms with Gasteiger partial charge in [0.05, 0.1) is 6.33 Å². The van der Waals surface area contributed by atoms with Gasteiger partial charge in [0, 0.05) is 23.3 Å². The first-order chi connectivity index (χ1) is 11.1. The fourth-order valence-corrected chi connectivity index (χ4v) is 2.54. The topological polar surface area (TPSA) is 46.9 Å². The molecule has 0 saturated carbocycles. The van der Waals surface area contributed by atoms with Crippen molar-refractivity contribution in [1.29, 1.82) is 0 Å². The molecule has 3 rings (SSSR count). The number of aryl methyl sites for hydroxylation is 1. The minimum atomic E-state index is -0.165. The average molecular weight is 326 g/mol. The van der Waals surface area contributed by atoms with Gasteiger partial charge in [-0.1, -0.05) is 41.4 Å². The number of nitrogens with one attached hydrogen (secondary N) is 1. The molecule has 4 nitrogen and oxygen atoms in total. The lowest BCUT2D eigenvalue weighted by molar-refractivity contribution is 0.102. The van der Waals surface area contributed by atoms with E-state index in [1.54, 1.807) is 18.6 Å². The van der Waals surface area contributed by atoms with Gasteiger partial charge in [0.15, 0.2) is 5.82 Å². The summed E-state index contributed by atoms with van der Waals surface area (Å²) in [4.78, 5) is 16.4. The van der Waals surface area contributed by atoms with Crippen LogP contribution in [0.25, 0.3) is 0 Å². The van der Waals surface area contributed by atoms with E-state index in [0.717, 1.165) is 11.1 Å². The summed E-state index contributed by atoms with van der Waals surface area (Å²) in [5.74, 6) is 0.361. The number of amides is 1. The average Bonchev–Trinajstić information content (AvgIpc) is 2.94. The molecule has 116 valence electrons. The quantitative estimate of drug-likeness (QED) is 0.783. The van der Waals surface area contributed by atoms with E-state index >= 15 is 0 Å². The van der Waals surface area contributed by atoms with E-state index < -0.39 is 0 Å². The van der Waals surface area contributed by atoms with Gasteiger partial charge in [-0.2, -0.15) is 0 Å². The monoisotopic (exact) mass is 325 g/mol. The molecule has 0 atom stereocenters. The van der Waals surface area contributed by atoms with Crippen molar-refractivity contribution < 1.29 is 4.79 Å². The van der Waals surface area contributed by atoms with E-state index in [1.807, 2.05) is 54.0 Å². The van der Waals surface area contributed by atoms with Crippen LogP contribution < -0.4 is 5.32 Å². The van der Waals surface area contributed by atoms with Crippen molar-refractivity contribution in [3.05, 3.63) is 82.8 Å². The van der Waals surface area contributed by atoms with Crippen molar-refractivity contribution in [3.63, 3.8) is 0 Å². The second kappa shape index (κ2) is 6.67. The zero-order chi connectivity index (χ0) is 16.2. The van der Waals surface area contributed by atoms with Crippen LogP contribution in [0.2, 0.25) is 5.02 Å². The fraction of sp³-hybridized carbons (Fsp3) is 0.111. The number of anilines is 1. The van der Waals surface area contributed by atoms with Gasteiger partial charge in [0.2, 0.25) is 0 Å². The normalized spacial score (nSPS) is 10.5. The Labute approximate surface area is 139 Å². The smallest absolute Gasteiger partial charge is 0.256 e. The Hall–Kier alpha value is -2.59. The Kier molecular flexibility index (Phi) is 4.44. The number of hydrogen-bond acceptors (Lipinski definition) is 2. The maximum absolute atomic E-state index is 12.2. The Morgan fingerprint density at radius 1 is 1.22 bits per heavy atom. The highest BCUT2D eigenvalue weighted by Gasteiger charge is 2.08. The molecule has 0 aliphatic heterocycles. The molecule has 0 bridgehead atoms. The van der Waals surface area contributed by atoms with E-state index in [4.69, 9.17) is 11.6 Å². The summed E-state index contributed by atoms with van der Waals surface area (Å²) in [6, 6.07) is 15.1. The number of aromatic nitrogens is 2. The molecule has 1 aromatic heterocycles. The first kappa shape index (κ1) is 15.3. The van der Waals surface area contributed by atoms with Crippen LogP contribution >= 0.6 is 11.6 Å². The minimum absolute atomic E-state index is 0.165. The number of nitrogens with zero attached hydrogens (tertiary/aromatic N) is 2. The van der Waals surface area contributed by atoms with E-state index in [2.05, 4.69) is 10.3 Å². The predicted octanol–water partition coefficient (Wildman–Crippen LogP) is 4.15. The van der Waals surface area contributed by atoms with E-state index in [-0.39, 0.29) is 5.91 Å². The molecule has 1 heterocycles. The van der Waals surface area contributed by atoms with Crippen molar-refractivity contribution in [2.45, 2.75) is 13.5 Å². The van der Waals surface area contributed by atoms with E-state index in [9.17, 15) is 4.79 Å². The summed E-state index contributed by atoms with van der Waals surface area (Å²) in [6.45, 7) is 2.60. The van der Waals surface area contributed by atoms with Gasteiger partial charge >= 0.3 is 0 Å². The molecule has 0 radical (unpaired) electrons. The number of hydrogen-bond donors (Lipinski definition) is 1. The number of rotatable bonds is 4. The molecule has 0 fully saturated rings. The lowest BCUT2D eigenvalue weighted by atomic mass is 10.1. The van der Waals surface area contributed by atoms with E-state index in [0.29, 0.717) is 22.9 Å². The first-order valence-electron chi connectivity index (χ1n) is 7.24. The van der Waals surface area contributed by atoms with Crippen molar-refractivity contribution in [2.75, 3.05) is 5.32 Å². The maximum Gasteiger partial charge on any atom is 0.256 e. The third-order valence-corrected chi connectivity index (χ3v) is 3.64. The number of imidazole rings is 1. The SMILES string of the molecule is Cc1cccc(C(=O)Nc2cn(Cc3cccc(Cl)c3)cn2)c1. The number of carbonyl (C=O) groups is 1. The molecule has 0 saturated heterocycles. The summed E-state index contributed by atoms with van der Waals surface area (Å²) in [5, 5.41) is 3.51. The third kappa shape index (κ3) is 3.99. The van der Waals surface area contributed by atoms with Gasteiger partial charge in [-0.15, -0.1) is 0 Å². The van der Waals surface area contributed by atoms with Crippen LogP contribution in [0.1, 0.15) is 21.5 Å². The van der Waals surface area contributed by atoms with Gasteiger partial charge in [-0.3, -0.25) is 4.79 Å². The zero-order valence-corrected chi connectivity index (χ0v) is 13.4. The van der Waals surface area contributed by atoms with Crippen LogP contribution in [-0.2, 0) is 6.54 Å². The van der Waals surface area contributed by atoms with Crippen LogP contribution in [-0.4, -0.2) is 15.5 Å². The maximum atomic E-state index is 12.2. The minimum Gasteiger partial charge on any atom is -0.331 e. The second-order valence-corrected chi connectivity index (χ2v) is 5.82. The molecule has 0 spiro atoms. The standard InChI is InChI=1S/C18H16ClN3O/c1-13-4-2-6-15(8-13)18(23)21-17-11-22(12-20-17)10-14-5-3-7-16(19)9-14/h2-9,11-12H,10H2,1H3,(H,21,23). The Bertz CT molecular complexity index is 842. The summed E-state index contributed by atoms with van der Waals surface area (Å²) >= 11 is 5.98. The Morgan fingerprint density at radius 3 is 2.83 bits per heavy atom. The van der Waals surface area contributed by atoms with Crippen molar-refractivity contribution in [2.24, 2.45) is 0 Å². The molecule has 0 aliphatic carbocycles. The molecule has 1 amide bonds. The largest absolute Gasteiger partial charge is 0.331 e. The van der Waals surface area contributed by atoms with E-state index in [1.165, 1.54) is 0 Å². The van der Waals surface area contributed by atoms with Crippen molar-refractivity contribution in [3.8, 4) is 0 Å². The summed E-state index contributed by atoms with van der Waals surface area (Å²) in [7, 11) is 0. The molecule has 0 unspecified atom stereocenters. The number of halogens is 1. The van der Waals surface area contributed by atoms with Crippen molar-refractivity contribution in [1.82, 2.24) is 9.55 Å². The first-order valence-corrected chi connectivity index (χ1v) is 7.62. The molecular weight excluding hydrogens is 310 g/mol. The highest BCUT2D eigenvalue weighted by atomic mass is 35.5. The van der Waals surface area contributed by atoms with Gasteiger partial charge in [0.25, 0.3) is 5.91 Å². The second-order valence-electron chi connectivity index (χ2n) is 5.38. The van der Waals surface area contributed by atoms with Crippen LogP contribution in [0.5, 0.6) is 0 Å². The molecule has 5 heteroatoms. The van der Waals surface area contributed by atoms with Gasteiger partial charge in [-0.05, 0) is 36.8 Å². The Balaban J connectivity index is 1.68. The summed E-state index contributed by atoms with van der Waals surface area (Å²) < 4.78 is 1.90. The van der Waals surface area contributed by atoms with Crippen LogP contribution in [0.4, 0.5) is 5.82 Å². The molecule has 2 aromatic carbocycles. The van der Waals surface area contributed by atoms with Crippen LogP contribution in [0.15, 0.2) is 61.1 Å². The van der Waals surface area contributed by atoms with Gasteiger partial charge in [-0.25, -0.2) is 4.98 Å². The number of benzene rings is 2. The van der Waals surface area contributed by atoms with Crippen LogP contribution in [0, 0.1) is 6.92 Å². The predicted molar refractivity (Wildman–Crippen MR) is 91.9 cm³/mol. The lowest BCUT2D eigenvalue weighted by Gasteiger charge is -2.04. The molecule has 3 aromatic rings. The fourth-order valence-electron chi connectivity index (χ4n) is 2.33. The van der Waals surface area contributed by atoms with Gasteiger partial charge in [0.1, 0.15) is 0 Å². The lowest BCUT2D eigenvalue weighted by Crippen LogP contribution is -2.12. The number of carbonyl (C=O) groups excluding carboxylic acids is 1.